The molecule has 1 aliphatic carbocycles. The van der Waals surface area contributed by atoms with E-state index < -0.39 is 16.7 Å². The molecule has 0 bridgehead atoms. The first-order valence-corrected chi connectivity index (χ1v) is 11.4. The van der Waals surface area contributed by atoms with Gasteiger partial charge in [0.25, 0.3) is 10.0 Å². The molecule has 0 saturated carbocycles. The average Bonchev–Trinajstić information content (AvgIpc) is 2.71. The van der Waals surface area contributed by atoms with Gasteiger partial charge in [0.2, 0.25) is 0 Å². The number of rotatable bonds is 8. The van der Waals surface area contributed by atoms with E-state index in [1.807, 2.05) is 18.2 Å². The van der Waals surface area contributed by atoms with Crippen LogP contribution >= 0.6 is 0 Å². The quantitative estimate of drug-likeness (QED) is 0.685. The molecule has 2 unspecified atom stereocenters. The molecule has 2 aromatic carbocycles. The standard InChI is InChI=1S/C22H29FN2O2S/c1-3-12-24-20-8-4-19-14-21(9-5-18(19)13-20)25-28(26,27)22-10-6-17(7-11-22)16(2)15-23/h5-7,9-11,14,16,20,24-25H,3-4,8,12-13,15H2,1-2H3. The summed E-state index contributed by atoms with van der Waals surface area (Å²) >= 11 is 0. The predicted molar refractivity (Wildman–Crippen MR) is 112 cm³/mol. The molecule has 0 fully saturated rings. The van der Waals surface area contributed by atoms with E-state index in [1.54, 1.807) is 19.1 Å². The van der Waals surface area contributed by atoms with Gasteiger partial charge in [0.1, 0.15) is 0 Å². The van der Waals surface area contributed by atoms with Crippen molar-refractivity contribution in [2.24, 2.45) is 0 Å². The van der Waals surface area contributed by atoms with Gasteiger partial charge >= 0.3 is 0 Å². The Hall–Kier alpha value is -1.92. The number of benzene rings is 2. The van der Waals surface area contributed by atoms with Gasteiger partial charge in [-0.1, -0.05) is 32.0 Å². The molecule has 28 heavy (non-hydrogen) atoms. The normalized spacial score (nSPS) is 17.8. The molecule has 0 spiro atoms. The Kier molecular flexibility index (Phi) is 6.73. The summed E-state index contributed by atoms with van der Waals surface area (Å²) < 4.78 is 40.8. The topological polar surface area (TPSA) is 58.2 Å². The number of nitrogens with one attached hydrogen (secondary N) is 2. The number of anilines is 1. The molecule has 2 atom stereocenters. The molecule has 0 amide bonds. The van der Waals surface area contributed by atoms with Crippen molar-refractivity contribution in [3.05, 3.63) is 59.2 Å². The van der Waals surface area contributed by atoms with Crippen LogP contribution in [0, 0.1) is 0 Å². The van der Waals surface area contributed by atoms with Gasteiger partial charge in [-0.05, 0) is 73.2 Å². The molecule has 152 valence electrons. The summed E-state index contributed by atoms with van der Waals surface area (Å²) in [4.78, 5) is 0.184. The van der Waals surface area contributed by atoms with Crippen LogP contribution in [-0.4, -0.2) is 27.7 Å². The Morgan fingerprint density at radius 3 is 2.57 bits per heavy atom. The second kappa shape index (κ2) is 9.05. The fourth-order valence-corrected chi connectivity index (χ4v) is 4.67. The number of fused-ring (bicyclic) bond motifs is 1. The fourth-order valence-electron chi connectivity index (χ4n) is 3.62. The molecule has 1 aliphatic rings. The highest BCUT2D eigenvalue weighted by atomic mass is 32.2. The zero-order chi connectivity index (χ0) is 20.1. The minimum absolute atomic E-state index is 0.184. The van der Waals surface area contributed by atoms with Crippen molar-refractivity contribution in [2.75, 3.05) is 17.9 Å². The van der Waals surface area contributed by atoms with E-state index in [2.05, 4.69) is 17.0 Å². The van der Waals surface area contributed by atoms with Crippen molar-refractivity contribution in [1.82, 2.24) is 5.32 Å². The summed E-state index contributed by atoms with van der Waals surface area (Å²) in [5, 5.41) is 3.57. The van der Waals surface area contributed by atoms with E-state index in [9.17, 15) is 12.8 Å². The number of sulfonamides is 1. The highest BCUT2D eigenvalue weighted by molar-refractivity contribution is 7.92. The van der Waals surface area contributed by atoms with E-state index in [-0.39, 0.29) is 10.8 Å². The van der Waals surface area contributed by atoms with Crippen LogP contribution in [0.3, 0.4) is 0 Å². The summed E-state index contributed by atoms with van der Waals surface area (Å²) in [7, 11) is -3.67. The minimum Gasteiger partial charge on any atom is -0.314 e. The van der Waals surface area contributed by atoms with Crippen LogP contribution in [0.4, 0.5) is 10.1 Å². The van der Waals surface area contributed by atoms with Crippen molar-refractivity contribution in [2.45, 2.75) is 56.4 Å². The van der Waals surface area contributed by atoms with Gasteiger partial charge in [0.15, 0.2) is 0 Å². The Morgan fingerprint density at radius 2 is 1.89 bits per heavy atom. The van der Waals surface area contributed by atoms with Gasteiger partial charge in [-0.3, -0.25) is 9.11 Å². The van der Waals surface area contributed by atoms with Crippen LogP contribution in [0.25, 0.3) is 0 Å². The Balaban J connectivity index is 1.71. The Morgan fingerprint density at radius 1 is 1.14 bits per heavy atom. The number of hydrogen-bond acceptors (Lipinski definition) is 3. The van der Waals surface area contributed by atoms with Crippen molar-refractivity contribution in [3.8, 4) is 0 Å². The zero-order valence-corrected chi connectivity index (χ0v) is 17.4. The number of alkyl halides is 1. The summed E-state index contributed by atoms with van der Waals surface area (Å²) in [6.07, 6.45) is 4.12. The van der Waals surface area contributed by atoms with E-state index in [1.165, 1.54) is 23.3 Å². The van der Waals surface area contributed by atoms with Gasteiger partial charge in [0, 0.05) is 17.6 Å². The first-order chi connectivity index (χ1) is 13.4. The van der Waals surface area contributed by atoms with E-state index in [4.69, 9.17) is 0 Å². The maximum Gasteiger partial charge on any atom is 0.261 e. The van der Waals surface area contributed by atoms with Crippen LogP contribution in [0.5, 0.6) is 0 Å². The Labute approximate surface area is 167 Å². The summed E-state index contributed by atoms with van der Waals surface area (Å²) in [6, 6.07) is 12.7. The maximum absolute atomic E-state index is 12.8. The average molecular weight is 405 g/mol. The number of aryl methyl sites for hydroxylation is 1. The SMILES string of the molecule is CCCNC1CCc2cc(NS(=O)(=O)c3ccc(C(C)CF)cc3)ccc2C1. The third-order valence-corrected chi connectivity index (χ3v) is 6.76. The molecular formula is C22H29FN2O2S. The minimum atomic E-state index is -3.67. The molecule has 4 nitrogen and oxygen atoms in total. The lowest BCUT2D eigenvalue weighted by Gasteiger charge is -2.26. The first kappa shape index (κ1) is 20.8. The number of hydrogen-bond donors (Lipinski definition) is 2. The molecule has 0 aliphatic heterocycles. The van der Waals surface area contributed by atoms with Crippen LogP contribution in [-0.2, 0) is 22.9 Å². The third kappa shape index (κ3) is 4.92. The molecule has 0 heterocycles. The van der Waals surface area contributed by atoms with Crippen LogP contribution in [0.2, 0.25) is 0 Å². The van der Waals surface area contributed by atoms with Crippen LogP contribution < -0.4 is 10.0 Å². The van der Waals surface area contributed by atoms with Crippen LogP contribution in [0.15, 0.2) is 47.4 Å². The van der Waals surface area contributed by atoms with E-state index in [0.717, 1.165) is 37.8 Å². The third-order valence-electron chi connectivity index (χ3n) is 5.36. The highest BCUT2D eigenvalue weighted by Gasteiger charge is 2.20. The number of halogens is 1. The van der Waals surface area contributed by atoms with Gasteiger partial charge in [-0.15, -0.1) is 0 Å². The van der Waals surface area contributed by atoms with Crippen molar-refractivity contribution in [3.63, 3.8) is 0 Å². The molecule has 3 rings (SSSR count). The summed E-state index contributed by atoms with van der Waals surface area (Å²) in [6.45, 7) is 4.50. The Bertz CT molecular complexity index is 897. The monoisotopic (exact) mass is 404 g/mol. The molecule has 0 radical (unpaired) electrons. The van der Waals surface area contributed by atoms with Crippen molar-refractivity contribution < 1.29 is 12.8 Å². The van der Waals surface area contributed by atoms with E-state index >= 15 is 0 Å². The molecule has 6 heteroatoms. The highest BCUT2D eigenvalue weighted by Crippen LogP contribution is 2.26. The lowest BCUT2D eigenvalue weighted by atomic mass is 9.88. The van der Waals surface area contributed by atoms with Gasteiger partial charge < -0.3 is 5.32 Å². The largest absolute Gasteiger partial charge is 0.314 e. The lowest BCUT2D eigenvalue weighted by molar-refractivity contribution is 0.447. The molecule has 2 N–H and O–H groups in total. The molecule has 2 aromatic rings. The predicted octanol–water partition coefficient (Wildman–Crippen LogP) is 4.42. The summed E-state index contributed by atoms with van der Waals surface area (Å²) in [5.74, 6) is -0.235. The van der Waals surface area contributed by atoms with Gasteiger partial charge in [-0.2, -0.15) is 0 Å². The van der Waals surface area contributed by atoms with Gasteiger partial charge in [-0.25, -0.2) is 8.42 Å². The zero-order valence-electron chi connectivity index (χ0n) is 16.5. The van der Waals surface area contributed by atoms with E-state index in [0.29, 0.717) is 11.7 Å². The fraction of sp³-hybridized carbons (Fsp3) is 0.455. The molecule has 0 aromatic heterocycles. The molecular weight excluding hydrogens is 375 g/mol. The maximum atomic E-state index is 12.8. The van der Waals surface area contributed by atoms with Crippen molar-refractivity contribution in [1.29, 1.82) is 0 Å². The lowest BCUT2D eigenvalue weighted by Crippen LogP contribution is -2.35. The van der Waals surface area contributed by atoms with Crippen LogP contribution in [0.1, 0.15) is 49.3 Å². The second-order valence-electron chi connectivity index (χ2n) is 7.61. The smallest absolute Gasteiger partial charge is 0.261 e. The van der Waals surface area contributed by atoms with Gasteiger partial charge in [0.05, 0.1) is 11.6 Å². The van der Waals surface area contributed by atoms with Crippen molar-refractivity contribution >= 4 is 15.7 Å². The first-order valence-electron chi connectivity index (χ1n) is 9.97. The second-order valence-corrected chi connectivity index (χ2v) is 9.29. The summed E-state index contributed by atoms with van der Waals surface area (Å²) in [5.41, 5.74) is 3.87. The molecule has 0 saturated heterocycles.